The molecular weight excluding hydrogens is 286 g/mol. The Morgan fingerprint density at radius 2 is 2.09 bits per heavy atom. The van der Waals surface area contributed by atoms with Crippen LogP contribution in [0.1, 0.15) is 48.0 Å². The molecule has 1 aromatic carbocycles. The second-order valence-electron chi connectivity index (χ2n) is 6.63. The van der Waals surface area contributed by atoms with E-state index in [-0.39, 0.29) is 0 Å². The summed E-state index contributed by atoms with van der Waals surface area (Å²) in [5, 5.41) is 0. The molecule has 122 valence electrons. The van der Waals surface area contributed by atoms with Gasteiger partial charge in [0.25, 0.3) is 0 Å². The number of ether oxygens (including phenoxy) is 1. The maximum atomic E-state index is 6.02. The molecule has 0 aliphatic carbocycles. The van der Waals surface area contributed by atoms with Crippen molar-refractivity contribution in [1.29, 1.82) is 0 Å². The normalized spacial score (nSPS) is 14.8. The van der Waals surface area contributed by atoms with E-state index >= 15 is 0 Å². The molecule has 23 heavy (non-hydrogen) atoms. The number of aromatic nitrogens is 2. The van der Waals surface area contributed by atoms with E-state index in [1.165, 1.54) is 22.4 Å². The van der Waals surface area contributed by atoms with Crippen molar-refractivity contribution in [2.24, 2.45) is 0 Å². The quantitative estimate of drug-likeness (QED) is 0.864. The molecule has 0 bridgehead atoms. The van der Waals surface area contributed by atoms with Crippen LogP contribution < -0.4 is 4.74 Å². The van der Waals surface area contributed by atoms with Gasteiger partial charge in [-0.15, -0.1) is 0 Å². The minimum Gasteiger partial charge on any atom is -0.478 e. The fourth-order valence-electron chi connectivity index (χ4n) is 2.82. The summed E-state index contributed by atoms with van der Waals surface area (Å²) in [6.07, 6.45) is 2.95. The fourth-order valence-corrected chi connectivity index (χ4v) is 2.82. The average molecular weight is 311 g/mol. The Morgan fingerprint density at radius 3 is 2.87 bits per heavy atom. The molecule has 3 rings (SSSR count). The van der Waals surface area contributed by atoms with Crippen LogP contribution in [0.25, 0.3) is 0 Å². The molecule has 0 N–H and O–H groups in total. The third-order valence-corrected chi connectivity index (χ3v) is 4.51. The number of rotatable bonds is 4. The van der Waals surface area contributed by atoms with Crippen LogP contribution in [0.4, 0.5) is 0 Å². The van der Waals surface area contributed by atoms with Gasteiger partial charge in [-0.05, 0) is 31.0 Å². The first-order chi connectivity index (χ1) is 11.0. The van der Waals surface area contributed by atoms with Crippen molar-refractivity contribution in [3.63, 3.8) is 0 Å². The molecular formula is C19H25N3O. The predicted molar refractivity (Wildman–Crippen MR) is 91.6 cm³/mol. The van der Waals surface area contributed by atoms with E-state index in [0.717, 1.165) is 31.1 Å². The van der Waals surface area contributed by atoms with Crippen LogP contribution in [-0.2, 0) is 13.0 Å². The molecule has 2 aromatic rings. The summed E-state index contributed by atoms with van der Waals surface area (Å²) in [6.45, 7) is 10.9. The summed E-state index contributed by atoms with van der Waals surface area (Å²) in [6, 6.07) is 6.20. The second kappa shape index (κ2) is 6.67. The van der Waals surface area contributed by atoms with Gasteiger partial charge in [-0.1, -0.05) is 26.0 Å². The molecule has 0 radical (unpaired) electrons. The topological polar surface area (TPSA) is 38.2 Å². The standard InChI is InChI=1S/C19H25N3O/c1-13(2)19-20-10-16-11-22(9-8-17(16)21-19)12-23-18-7-5-6-14(3)15(18)4/h5-7,10,13H,8-9,11-12H2,1-4H3. The lowest BCUT2D eigenvalue weighted by atomic mass is 10.1. The lowest BCUT2D eigenvalue weighted by Gasteiger charge is -2.28. The summed E-state index contributed by atoms with van der Waals surface area (Å²) in [4.78, 5) is 11.5. The third-order valence-electron chi connectivity index (χ3n) is 4.51. The molecule has 2 heterocycles. The first-order valence-electron chi connectivity index (χ1n) is 8.30. The van der Waals surface area contributed by atoms with Gasteiger partial charge in [0.05, 0.1) is 0 Å². The van der Waals surface area contributed by atoms with Gasteiger partial charge < -0.3 is 4.74 Å². The molecule has 0 saturated heterocycles. The van der Waals surface area contributed by atoms with E-state index in [4.69, 9.17) is 9.72 Å². The van der Waals surface area contributed by atoms with E-state index in [1.807, 2.05) is 18.3 Å². The Labute approximate surface area is 138 Å². The Morgan fingerprint density at radius 1 is 1.26 bits per heavy atom. The minimum absolute atomic E-state index is 0.381. The highest BCUT2D eigenvalue weighted by Gasteiger charge is 2.19. The summed E-state index contributed by atoms with van der Waals surface area (Å²) in [7, 11) is 0. The fraction of sp³-hybridized carbons (Fsp3) is 0.474. The zero-order chi connectivity index (χ0) is 16.4. The molecule has 0 amide bonds. The Kier molecular flexibility index (Phi) is 4.62. The van der Waals surface area contributed by atoms with Gasteiger partial charge in [0.2, 0.25) is 0 Å². The second-order valence-corrected chi connectivity index (χ2v) is 6.63. The smallest absolute Gasteiger partial charge is 0.142 e. The molecule has 1 aliphatic heterocycles. The maximum absolute atomic E-state index is 6.02. The zero-order valence-corrected chi connectivity index (χ0v) is 14.5. The third kappa shape index (κ3) is 3.53. The number of nitrogens with zero attached hydrogens (tertiary/aromatic N) is 3. The van der Waals surface area contributed by atoms with E-state index in [2.05, 4.69) is 43.6 Å². The molecule has 4 heteroatoms. The van der Waals surface area contributed by atoms with Crippen LogP contribution in [-0.4, -0.2) is 28.1 Å². The number of aryl methyl sites for hydroxylation is 1. The molecule has 0 unspecified atom stereocenters. The van der Waals surface area contributed by atoms with Crippen molar-refractivity contribution < 1.29 is 4.74 Å². The van der Waals surface area contributed by atoms with Gasteiger partial charge in [0.1, 0.15) is 18.3 Å². The lowest BCUT2D eigenvalue weighted by Crippen LogP contribution is -2.34. The average Bonchev–Trinajstić information content (AvgIpc) is 2.55. The van der Waals surface area contributed by atoms with Crippen molar-refractivity contribution in [1.82, 2.24) is 14.9 Å². The van der Waals surface area contributed by atoms with E-state index in [0.29, 0.717) is 12.6 Å². The Hall–Kier alpha value is -1.94. The van der Waals surface area contributed by atoms with Gasteiger partial charge in [-0.3, -0.25) is 4.90 Å². The zero-order valence-electron chi connectivity index (χ0n) is 14.5. The monoisotopic (exact) mass is 311 g/mol. The first kappa shape index (κ1) is 15.9. The van der Waals surface area contributed by atoms with Crippen LogP contribution in [0.2, 0.25) is 0 Å². The molecule has 1 aromatic heterocycles. The first-order valence-corrected chi connectivity index (χ1v) is 8.30. The largest absolute Gasteiger partial charge is 0.478 e. The van der Waals surface area contributed by atoms with Crippen LogP contribution in [0.15, 0.2) is 24.4 Å². The maximum Gasteiger partial charge on any atom is 0.142 e. The van der Waals surface area contributed by atoms with Gasteiger partial charge in [-0.25, -0.2) is 9.97 Å². The molecule has 0 spiro atoms. The molecule has 0 atom stereocenters. The molecule has 4 nitrogen and oxygen atoms in total. The van der Waals surface area contributed by atoms with Gasteiger partial charge in [0.15, 0.2) is 0 Å². The number of fused-ring (bicyclic) bond motifs is 1. The van der Waals surface area contributed by atoms with Crippen molar-refractivity contribution in [2.45, 2.75) is 46.6 Å². The summed E-state index contributed by atoms with van der Waals surface area (Å²) in [5.41, 5.74) is 4.91. The number of hydrogen-bond donors (Lipinski definition) is 0. The minimum atomic E-state index is 0.381. The van der Waals surface area contributed by atoms with Crippen molar-refractivity contribution in [2.75, 3.05) is 13.3 Å². The van der Waals surface area contributed by atoms with E-state index in [1.54, 1.807) is 0 Å². The van der Waals surface area contributed by atoms with Crippen LogP contribution >= 0.6 is 0 Å². The van der Waals surface area contributed by atoms with Crippen LogP contribution in [0, 0.1) is 13.8 Å². The van der Waals surface area contributed by atoms with E-state index in [9.17, 15) is 0 Å². The number of benzene rings is 1. The Bertz CT molecular complexity index is 697. The van der Waals surface area contributed by atoms with Crippen molar-refractivity contribution in [3.05, 3.63) is 52.6 Å². The van der Waals surface area contributed by atoms with Crippen molar-refractivity contribution in [3.8, 4) is 5.75 Å². The summed E-state index contributed by atoms with van der Waals surface area (Å²) in [5.74, 6) is 2.30. The van der Waals surface area contributed by atoms with Crippen LogP contribution in [0.5, 0.6) is 5.75 Å². The molecule has 0 fully saturated rings. The Balaban J connectivity index is 1.65. The van der Waals surface area contributed by atoms with Gasteiger partial charge >= 0.3 is 0 Å². The highest BCUT2D eigenvalue weighted by atomic mass is 16.5. The number of hydrogen-bond acceptors (Lipinski definition) is 4. The van der Waals surface area contributed by atoms with Gasteiger partial charge in [-0.2, -0.15) is 0 Å². The SMILES string of the molecule is Cc1cccc(OCN2CCc3nc(C(C)C)ncc3C2)c1C. The van der Waals surface area contributed by atoms with Crippen LogP contribution in [0.3, 0.4) is 0 Å². The summed E-state index contributed by atoms with van der Waals surface area (Å²) >= 11 is 0. The lowest BCUT2D eigenvalue weighted by molar-refractivity contribution is 0.112. The molecule has 1 aliphatic rings. The van der Waals surface area contributed by atoms with Crippen molar-refractivity contribution >= 4 is 0 Å². The predicted octanol–water partition coefficient (Wildman–Crippen LogP) is 3.61. The summed E-state index contributed by atoms with van der Waals surface area (Å²) < 4.78 is 6.02. The highest BCUT2D eigenvalue weighted by molar-refractivity contribution is 5.38. The highest BCUT2D eigenvalue weighted by Crippen LogP contribution is 2.22. The molecule has 0 saturated carbocycles. The van der Waals surface area contributed by atoms with Gasteiger partial charge in [0, 0.05) is 42.9 Å². The van der Waals surface area contributed by atoms with E-state index < -0.39 is 0 Å².